The maximum atomic E-state index is 13.8. The van der Waals surface area contributed by atoms with Crippen molar-refractivity contribution in [3.8, 4) is 11.8 Å². The van der Waals surface area contributed by atoms with E-state index in [1.54, 1.807) is 18.2 Å². The molecule has 1 unspecified atom stereocenters. The van der Waals surface area contributed by atoms with E-state index in [0.717, 1.165) is 11.1 Å². The van der Waals surface area contributed by atoms with Gasteiger partial charge in [-0.1, -0.05) is 48.5 Å². The molecule has 3 heteroatoms. The van der Waals surface area contributed by atoms with Gasteiger partial charge in [0.05, 0.1) is 18.6 Å². The van der Waals surface area contributed by atoms with Crippen LogP contribution in [0.25, 0.3) is 10.8 Å². The van der Waals surface area contributed by atoms with E-state index < -0.39 is 5.92 Å². The highest BCUT2D eigenvalue weighted by molar-refractivity contribution is 5.83. The number of hydrogen-bond acceptors (Lipinski definition) is 2. The van der Waals surface area contributed by atoms with Crippen LogP contribution in [0.15, 0.2) is 66.7 Å². The van der Waals surface area contributed by atoms with Crippen LogP contribution < -0.4 is 4.74 Å². The van der Waals surface area contributed by atoms with Crippen LogP contribution in [0.5, 0.6) is 5.75 Å². The van der Waals surface area contributed by atoms with Crippen LogP contribution in [0.2, 0.25) is 0 Å². The molecule has 3 rings (SSSR count). The maximum absolute atomic E-state index is 13.8. The van der Waals surface area contributed by atoms with Crippen molar-refractivity contribution in [1.29, 1.82) is 5.26 Å². The first kappa shape index (κ1) is 16.0. The van der Waals surface area contributed by atoms with Gasteiger partial charge in [0.15, 0.2) is 0 Å². The number of rotatable bonds is 6. The molecule has 0 fully saturated rings. The third-order valence-electron chi connectivity index (χ3n) is 4.06. The highest BCUT2D eigenvalue weighted by Crippen LogP contribution is 2.24. The minimum absolute atomic E-state index is 0.320. The molecule has 0 heterocycles. The molecule has 0 saturated carbocycles. The number of benzene rings is 3. The third kappa shape index (κ3) is 3.72. The molecule has 0 N–H and O–H groups in total. The summed E-state index contributed by atoms with van der Waals surface area (Å²) in [5.74, 6) is 0.0546. The largest absolute Gasteiger partial charge is 0.494 e. The minimum Gasteiger partial charge on any atom is -0.494 e. The molecule has 3 aromatic rings. The molecular formula is C21H18FNO. The second-order valence-corrected chi connectivity index (χ2v) is 5.70. The quantitative estimate of drug-likeness (QED) is 0.566. The van der Waals surface area contributed by atoms with Crippen LogP contribution in [-0.4, -0.2) is 6.61 Å². The van der Waals surface area contributed by atoms with Gasteiger partial charge >= 0.3 is 0 Å². The summed E-state index contributed by atoms with van der Waals surface area (Å²) in [7, 11) is 0. The van der Waals surface area contributed by atoms with Gasteiger partial charge in [-0.25, -0.2) is 4.39 Å². The molecule has 2 nitrogen and oxygen atoms in total. The van der Waals surface area contributed by atoms with Crippen molar-refractivity contribution in [2.75, 3.05) is 6.61 Å². The Hall–Kier alpha value is -2.86. The van der Waals surface area contributed by atoms with Crippen molar-refractivity contribution in [2.45, 2.75) is 18.8 Å². The standard InChI is InChI=1S/C21H18FNO/c22-21-10-4-3-9-20(21)18(15-23)8-5-13-24-19-12-11-16-6-1-2-7-17(16)14-19/h1-4,6-7,9-12,14,18H,5,8,13H2. The van der Waals surface area contributed by atoms with Gasteiger partial charge in [0.25, 0.3) is 0 Å². The Morgan fingerprint density at radius 3 is 2.50 bits per heavy atom. The molecule has 3 aromatic carbocycles. The van der Waals surface area contributed by atoms with E-state index in [1.807, 2.05) is 36.4 Å². The topological polar surface area (TPSA) is 33.0 Å². The number of hydrogen-bond donors (Lipinski definition) is 0. The van der Waals surface area contributed by atoms with E-state index in [9.17, 15) is 9.65 Å². The first-order chi connectivity index (χ1) is 11.8. The summed E-state index contributed by atoms with van der Waals surface area (Å²) in [5.41, 5.74) is 0.464. The van der Waals surface area contributed by atoms with E-state index in [0.29, 0.717) is 25.0 Å². The summed E-state index contributed by atoms with van der Waals surface area (Å²) in [6.07, 6.45) is 1.27. The van der Waals surface area contributed by atoms with Crippen LogP contribution in [-0.2, 0) is 0 Å². The molecule has 0 aliphatic rings. The Kier molecular flexibility index (Phi) is 5.08. The minimum atomic E-state index is -0.439. The molecule has 0 radical (unpaired) electrons. The number of nitrogens with zero attached hydrogens (tertiary/aromatic N) is 1. The molecule has 24 heavy (non-hydrogen) atoms. The lowest BCUT2D eigenvalue weighted by atomic mass is 9.95. The highest BCUT2D eigenvalue weighted by atomic mass is 19.1. The van der Waals surface area contributed by atoms with E-state index >= 15 is 0 Å². The van der Waals surface area contributed by atoms with Crippen LogP contribution in [0.4, 0.5) is 4.39 Å². The lowest BCUT2D eigenvalue weighted by Gasteiger charge is -2.11. The van der Waals surface area contributed by atoms with Gasteiger partial charge in [-0.2, -0.15) is 5.26 Å². The molecule has 1 atom stereocenters. The monoisotopic (exact) mass is 319 g/mol. The van der Waals surface area contributed by atoms with Crippen molar-refractivity contribution in [2.24, 2.45) is 0 Å². The first-order valence-corrected chi connectivity index (χ1v) is 8.03. The molecule has 0 amide bonds. The predicted molar refractivity (Wildman–Crippen MR) is 93.4 cm³/mol. The Morgan fingerprint density at radius 2 is 1.71 bits per heavy atom. The van der Waals surface area contributed by atoms with E-state index in [1.165, 1.54) is 11.5 Å². The Morgan fingerprint density at radius 1 is 0.958 bits per heavy atom. The average Bonchev–Trinajstić information content (AvgIpc) is 2.62. The van der Waals surface area contributed by atoms with Gasteiger partial charge in [0, 0.05) is 5.56 Å². The summed E-state index contributed by atoms with van der Waals surface area (Å²) >= 11 is 0. The zero-order chi connectivity index (χ0) is 16.8. The molecule has 0 spiro atoms. The van der Waals surface area contributed by atoms with Gasteiger partial charge in [0.1, 0.15) is 11.6 Å². The average molecular weight is 319 g/mol. The second-order valence-electron chi connectivity index (χ2n) is 5.70. The summed E-state index contributed by atoms with van der Waals surface area (Å²) in [6, 6.07) is 22.7. The fraction of sp³-hybridized carbons (Fsp3) is 0.190. The summed E-state index contributed by atoms with van der Waals surface area (Å²) in [4.78, 5) is 0. The van der Waals surface area contributed by atoms with E-state index in [4.69, 9.17) is 4.74 Å². The summed E-state index contributed by atoms with van der Waals surface area (Å²) < 4.78 is 19.5. The molecule has 120 valence electrons. The van der Waals surface area contributed by atoms with Gasteiger partial charge in [-0.05, 0) is 41.8 Å². The summed E-state index contributed by atoms with van der Waals surface area (Å²) in [5, 5.41) is 11.6. The van der Waals surface area contributed by atoms with Crippen molar-refractivity contribution >= 4 is 10.8 Å². The SMILES string of the molecule is N#CC(CCCOc1ccc2ccccc2c1)c1ccccc1F. The van der Waals surface area contributed by atoms with Crippen molar-refractivity contribution in [3.05, 3.63) is 78.1 Å². The van der Waals surface area contributed by atoms with Gasteiger partial charge in [-0.15, -0.1) is 0 Å². The molecular weight excluding hydrogens is 301 g/mol. The highest BCUT2D eigenvalue weighted by Gasteiger charge is 2.14. The van der Waals surface area contributed by atoms with Crippen molar-refractivity contribution in [3.63, 3.8) is 0 Å². The number of halogens is 1. The molecule has 0 bridgehead atoms. The van der Waals surface area contributed by atoms with Crippen molar-refractivity contribution < 1.29 is 9.13 Å². The van der Waals surface area contributed by atoms with Gasteiger partial charge < -0.3 is 4.74 Å². The van der Waals surface area contributed by atoms with E-state index in [-0.39, 0.29) is 5.82 Å². The zero-order valence-electron chi connectivity index (χ0n) is 13.3. The molecule has 0 saturated heterocycles. The lowest BCUT2D eigenvalue weighted by molar-refractivity contribution is 0.305. The molecule has 0 aliphatic heterocycles. The van der Waals surface area contributed by atoms with Crippen LogP contribution in [0, 0.1) is 17.1 Å². The third-order valence-corrected chi connectivity index (χ3v) is 4.06. The summed E-state index contributed by atoms with van der Waals surface area (Å²) in [6.45, 7) is 0.505. The number of nitriles is 1. The van der Waals surface area contributed by atoms with Crippen LogP contribution >= 0.6 is 0 Å². The maximum Gasteiger partial charge on any atom is 0.127 e. The zero-order valence-corrected chi connectivity index (χ0v) is 13.3. The van der Waals surface area contributed by atoms with Crippen LogP contribution in [0.3, 0.4) is 0 Å². The first-order valence-electron chi connectivity index (χ1n) is 8.03. The van der Waals surface area contributed by atoms with Gasteiger partial charge in [-0.3, -0.25) is 0 Å². The second kappa shape index (κ2) is 7.61. The Labute approximate surface area is 141 Å². The predicted octanol–water partition coefficient (Wildman–Crippen LogP) is 5.45. The van der Waals surface area contributed by atoms with E-state index in [2.05, 4.69) is 12.1 Å². The van der Waals surface area contributed by atoms with Crippen molar-refractivity contribution in [1.82, 2.24) is 0 Å². The Balaban J connectivity index is 1.56. The fourth-order valence-electron chi connectivity index (χ4n) is 2.78. The molecule has 0 aromatic heterocycles. The molecule has 0 aliphatic carbocycles. The normalized spacial score (nSPS) is 11.8. The lowest BCUT2D eigenvalue weighted by Crippen LogP contribution is -2.03. The van der Waals surface area contributed by atoms with Gasteiger partial charge in [0.2, 0.25) is 0 Å². The number of ether oxygens (including phenoxy) is 1. The smallest absolute Gasteiger partial charge is 0.127 e. The Bertz CT molecular complexity index is 869. The fourth-order valence-corrected chi connectivity index (χ4v) is 2.78. The van der Waals surface area contributed by atoms with Crippen LogP contribution in [0.1, 0.15) is 24.3 Å². The number of fused-ring (bicyclic) bond motifs is 1.